The molecule has 1 saturated heterocycles. The molecule has 146 valence electrons. The van der Waals surface area contributed by atoms with Gasteiger partial charge in [0.25, 0.3) is 5.56 Å². The molecule has 2 aromatic heterocycles. The van der Waals surface area contributed by atoms with Crippen LogP contribution in [0.25, 0.3) is 10.2 Å². The lowest BCUT2D eigenvalue weighted by molar-refractivity contribution is -0.122. The van der Waals surface area contributed by atoms with Crippen molar-refractivity contribution in [2.24, 2.45) is 0 Å². The van der Waals surface area contributed by atoms with Gasteiger partial charge in [-0.15, -0.1) is 11.3 Å². The Morgan fingerprint density at radius 2 is 1.89 bits per heavy atom. The lowest BCUT2D eigenvalue weighted by Gasteiger charge is -2.32. The van der Waals surface area contributed by atoms with Crippen molar-refractivity contribution < 1.29 is 4.79 Å². The molecule has 0 aliphatic carbocycles. The Labute approximate surface area is 165 Å². The number of H-pyrrole nitrogens is 1. The molecule has 0 saturated carbocycles. The third kappa shape index (κ3) is 4.07. The van der Waals surface area contributed by atoms with Crippen LogP contribution in [0.4, 0.5) is 0 Å². The van der Waals surface area contributed by atoms with E-state index in [-0.39, 0.29) is 18.5 Å². The van der Waals surface area contributed by atoms with Gasteiger partial charge in [0.1, 0.15) is 11.2 Å². The van der Waals surface area contributed by atoms with Gasteiger partial charge in [0.2, 0.25) is 5.91 Å². The number of carbonyl (C=O) groups is 1. The molecule has 1 fully saturated rings. The van der Waals surface area contributed by atoms with Crippen molar-refractivity contribution in [3.05, 3.63) is 68.2 Å². The van der Waals surface area contributed by atoms with Gasteiger partial charge in [0.05, 0.1) is 5.52 Å². The summed E-state index contributed by atoms with van der Waals surface area (Å²) in [6, 6.07) is 12.1. The van der Waals surface area contributed by atoms with E-state index < -0.39 is 11.2 Å². The zero-order valence-corrected chi connectivity index (χ0v) is 16.2. The summed E-state index contributed by atoms with van der Waals surface area (Å²) in [6.07, 6.45) is 1.71. The lowest BCUT2D eigenvalue weighted by Crippen LogP contribution is -2.47. The molecule has 28 heavy (non-hydrogen) atoms. The number of nitrogens with one attached hydrogen (secondary N) is 2. The second-order valence-electron chi connectivity index (χ2n) is 7.09. The van der Waals surface area contributed by atoms with Crippen LogP contribution in [0.2, 0.25) is 0 Å². The SMILES string of the molecule is O=C(Cn1c(=O)[nH]c2ccsc2c1=O)NC1CCN(Cc2ccccc2)CC1. The minimum Gasteiger partial charge on any atom is -0.352 e. The van der Waals surface area contributed by atoms with E-state index in [9.17, 15) is 14.4 Å². The number of amides is 1. The van der Waals surface area contributed by atoms with Crippen LogP contribution in [-0.4, -0.2) is 39.5 Å². The summed E-state index contributed by atoms with van der Waals surface area (Å²) in [5, 5.41) is 4.72. The zero-order valence-electron chi connectivity index (χ0n) is 15.4. The fourth-order valence-corrected chi connectivity index (χ4v) is 4.41. The molecule has 0 spiro atoms. The van der Waals surface area contributed by atoms with Gasteiger partial charge < -0.3 is 10.3 Å². The molecule has 0 unspecified atom stereocenters. The van der Waals surface area contributed by atoms with Crippen LogP contribution in [-0.2, 0) is 17.9 Å². The highest BCUT2D eigenvalue weighted by molar-refractivity contribution is 7.17. The second-order valence-corrected chi connectivity index (χ2v) is 8.00. The van der Waals surface area contributed by atoms with E-state index in [1.165, 1.54) is 16.9 Å². The average Bonchev–Trinajstić information content (AvgIpc) is 3.16. The molecule has 1 aliphatic rings. The van der Waals surface area contributed by atoms with Crippen LogP contribution >= 0.6 is 11.3 Å². The normalized spacial score (nSPS) is 15.7. The standard InChI is InChI=1S/C20H22N4O3S/c25-17(13-24-19(26)18-16(8-11-28-18)22-20(24)27)21-15-6-9-23(10-7-15)12-14-4-2-1-3-5-14/h1-5,8,11,15H,6-7,9-10,12-13H2,(H,21,25)(H,22,27). The largest absolute Gasteiger partial charge is 0.352 e. The van der Waals surface area contributed by atoms with Crippen molar-refractivity contribution in [2.75, 3.05) is 13.1 Å². The second kappa shape index (κ2) is 8.12. The van der Waals surface area contributed by atoms with E-state index in [1.807, 2.05) is 18.2 Å². The van der Waals surface area contributed by atoms with Crippen molar-refractivity contribution in [1.29, 1.82) is 0 Å². The smallest absolute Gasteiger partial charge is 0.329 e. The Kier molecular flexibility index (Phi) is 5.40. The van der Waals surface area contributed by atoms with Gasteiger partial charge in [-0.2, -0.15) is 0 Å². The predicted octanol–water partition coefficient (Wildman–Crippen LogP) is 1.53. The number of hydrogen-bond acceptors (Lipinski definition) is 5. The van der Waals surface area contributed by atoms with E-state index in [0.29, 0.717) is 10.2 Å². The minimum atomic E-state index is -0.552. The molecule has 4 rings (SSSR count). The van der Waals surface area contributed by atoms with Crippen LogP contribution in [0.15, 0.2) is 51.4 Å². The number of benzene rings is 1. The van der Waals surface area contributed by atoms with Gasteiger partial charge in [-0.3, -0.25) is 14.5 Å². The minimum absolute atomic E-state index is 0.0692. The third-order valence-corrected chi connectivity index (χ3v) is 6.00. The predicted molar refractivity (Wildman–Crippen MR) is 110 cm³/mol. The van der Waals surface area contributed by atoms with E-state index >= 15 is 0 Å². The first-order valence-corrected chi connectivity index (χ1v) is 10.2. The van der Waals surface area contributed by atoms with Crippen LogP contribution in [0.1, 0.15) is 18.4 Å². The van der Waals surface area contributed by atoms with E-state index in [4.69, 9.17) is 0 Å². The summed E-state index contributed by atoms with van der Waals surface area (Å²) in [5.74, 6) is -0.301. The number of piperidine rings is 1. The summed E-state index contributed by atoms with van der Waals surface area (Å²) in [4.78, 5) is 42.0. The molecule has 1 amide bonds. The van der Waals surface area contributed by atoms with Crippen LogP contribution in [0.3, 0.4) is 0 Å². The Balaban J connectivity index is 1.33. The van der Waals surface area contributed by atoms with Crippen LogP contribution in [0, 0.1) is 0 Å². The fraction of sp³-hybridized carbons (Fsp3) is 0.350. The first-order chi connectivity index (χ1) is 13.6. The Bertz CT molecular complexity index is 1080. The molecular weight excluding hydrogens is 376 g/mol. The number of aromatic amines is 1. The average molecular weight is 398 g/mol. The summed E-state index contributed by atoms with van der Waals surface area (Å²) in [6.45, 7) is 2.46. The molecule has 1 aromatic carbocycles. The molecule has 1 aliphatic heterocycles. The van der Waals surface area contributed by atoms with Crippen LogP contribution in [0.5, 0.6) is 0 Å². The van der Waals surface area contributed by atoms with E-state index in [1.54, 1.807) is 11.4 Å². The lowest BCUT2D eigenvalue weighted by atomic mass is 10.0. The Hall–Kier alpha value is -2.71. The number of fused-ring (bicyclic) bond motifs is 1. The van der Waals surface area contributed by atoms with Crippen LogP contribution < -0.4 is 16.6 Å². The molecule has 8 heteroatoms. The van der Waals surface area contributed by atoms with Crippen molar-refractivity contribution in [3.63, 3.8) is 0 Å². The zero-order chi connectivity index (χ0) is 19.5. The summed E-state index contributed by atoms with van der Waals surface area (Å²) in [7, 11) is 0. The first-order valence-electron chi connectivity index (χ1n) is 9.36. The summed E-state index contributed by atoms with van der Waals surface area (Å²) < 4.78 is 1.43. The van der Waals surface area contributed by atoms with Crippen molar-refractivity contribution >= 4 is 27.5 Å². The number of thiophene rings is 1. The van der Waals surface area contributed by atoms with Crippen molar-refractivity contribution in [1.82, 2.24) is 19.8 Å². The maximum atomic E-state index is 12.4. The molecule has 3 heterocycles. The van der Waals surface area contributed by atoms with Gasteiger partial charge >= 0.3 is 5.69 Å². The monoisotopic (exact) mass is 398 g/mol. The molecule has 2 N–H and O–H groups in total. The highest BCUT2D eigenvalue weighted by Crippen LogP contribution is 2.14. The Morgan fingerprint density at radius 3 is 2.64 bits per heavy atom. The van der Waals surface area contributed by atoms with Gasteiger partial charge in [-0.1, -0.05) is 30.3 Å². The van der Waals surface area contributed by atoms with Gasteiger partial charge in [0, 0.05) is 25.7 Å². The summed E-state index contributed by atoms with van der Waals surface area (Å²) in [5.41, 5.74) is 0.834. The molecule has 3 aromatic rings. The highest BCUT2D eigenvalue weighted by Gasteiger charge is 2.21. The number of likely N-dealkylation sites (tertiary alicyclic amines) is 1. The number of carbonyl (C=O) groups excluding carboxylic acids is 1. The number of rotatable bonds is 5. The first kappa shape index (κ1) is 18.6. The maximum Gasteiger partial charge on any atom is 0.329 e. The van der Waals surface area contributed by atoms with Gasteiger partial charge in [0.15, 0.2) is 0 Å². The van der Waals surface area contributed by atoms with E-state index in [2.05, 4.69) is 27.3 Å². The Morgan fingerprint density at radius 1 is 1.14 bits per heavy atom. The van der Waals surface area contributed by atoms with Crippen molar-refractivity contribution in [2.45, 2.75) is 32.0 Å². The molecule has 7 nitrogen and oxygen atoms in total. The third-order valence-electron chi connectivity index (χ3n) is 5.09. The van der Waals surface area contributed by atoms with Gasteiger partial charge in [-0.25, -0.2) is 9.36 Å². The molecular formula is C20H22N4O3S. The molecule has 0 bridgehead atoms. The summed E-state index contributed by atoms with van der Waals surface area (Å²) >= 11 is 1.26. The molecule has 0 atom stereocenters. The number of hydrogen-bond donors (Lipinski definition) is 2. The fourth-order valence-electron chi connectivity index (χ4n) is 3.61. The van der Waals surface area contributed by atoms with E-state index in [0.717, 1.165) is 37.0 Å². The maximum absolute atomic E-state index is 12.4. The van der Waals surface area contributed by atoms with Gasteiger partial charge in [-0.05, 0) is 29.9 Å². The number of nitrogens with zero attached hydrogens (tertiary/aromatic N) is 2. The quantitative estimate of drug-likeness (QED) is 0.682. The number of aromatic nitrogens is 2. The molecule has 0 radical (unpaired) electrons. The topological polar surface area (TPSA) is 87.2 Å². The van der Waals surface area contributed by atoms with Crippen molar-refractivity contribution in [3.8, 4) is 0 Å². The highest BCUT2D eigenvalue weighted by atomic mass is 32.1.